The second kappa shape index (κ2) is 7.28. The predicted molar refractivity (Wildman–Crippen MR) is 103 cm³/mol. The Kier molecular flexibility index (Phi) is 4.53. The summed E-state index contributed by atoms with van der Waals surface area (Å²) in [5, 5.41) is 16.4. The van der Waals surface area contributed by atoms with Crippen LogP contribution < -0.4 is 10.6 Å². The zero-order valence-corrected chi connectivity index (χ0v) is 14.5. The van der Waals surface area contributed by atoms with Gasteiger partial charge in [-0.1, -0.05) is 53.8 Å². The summed E-state index contributed by atoms with van der Waals surface area (Å²) in [6, 6.07) is 18.1. The molecule has 128 valence electrons. The van der Waals surface area contributed by atoms with Crippen molar-refractivity contribution >= 4 is 39.0 Å². The number of rotatable bonds is 5. The fourth-order valence-corrected chi connectivity index (χ4v) is 3.10. The molecular formula is C19H15N5OS. The predicted octanol–water partition coefficient (Wildman–Crippen LogP) is 3.95. The van der Waals surface area contributed by atoms with E-state index in [0.29, 0.717) is 23.1 Å². The molecule has 0 aliphatic carbocycles. The number of nitrogens with zero attached hydrogens (tertiary/aromatic N) is 3. The Balaban J connectivity index is 1.43. The molecule has 0 spiro atoms. The smallest absolute Gasteiger partial charge is 0.259 e. The third-order valence-corrected chi connectivity index (χ3v) is 4.55. The molecule has 0 bridgehead atoms. The van der Waals surface area contributed by atoms with Gasteiger partial charge in [-0.2, -0.15) is 0 Å². The first-order valence-electron chi connectivity index (χ1n) is 8.04. The van der Waals surface area contributed by atoms with Crippen LogP contribution in [0.3, 0.4) is 0 Å². The monoisotopic (exact) mass is 361 g/mol. The summed E-state index contributed by atoms with van der Waals surface area (Å²) in [5.41, 5.74) is 3.23. The first kappa shape index (κ1) is 16.2. The van der Waals surface area contributed by atoms with Crippen LogP contribution in [0.15, 0.2) is 66.3 Å². The van der Waals surface area contributed by atoms with Gasteiger partial charge in [-0.15, -0.1) is 10.2 Å². The van der Waals surface area contributed by atoms with Gasteiger partial charge in [0.25, 0.3) is 5.91 Å². The zero-order chi connectivity index (χ0) is 17.8. The second-order valence-electron chi connectivity index (χ2n) is 5.62. The average molecular weight is 361 g/mol. The van der Waals surface area contributed by atoms with E-state index in [4.69, 9.17) is 0 Å². The number of anilines is 2. The molecule has 4 aromatic rings. The summed E-state index contributed by atoms with van der Waals surface area (Å²) in [7, 11) is 0. The van der Waals surface area contributed by atoms with Gasteiger partial charge in [-0.05, 0) is 28.5 Å². The van der Waals surface area contributed by atoms with Gasteiger partial charge in [0.1, 0.15) is 11.3 Å². The van der Waals surface area contributed by atoms with Crippen molar-refractivity contribution in [2.45, 2.75) is 6.54 Å². The van der Waals surface area contributed by atoms with E-state index in [1.54, 1.807) is 23.8 Å². The molecule has 2 heterocycles. The molecule has 0 unspecified atom stereocenters. The SMILES string of the molecule is O=C(Nc1nncs1)c1ccc(NCc2cccc3ccccc23)nc1. The van der Waals surface area contributed by atoms with Crippen molar-refractivity contribution in [1.82, 2.24) is 15.2 Å². The maximum Gasteiger partial charge on any atom is 0.259 e. The Hall–Kier alpha value is -3.32. The molecule has 0 aliphatic heterocycles. The van der Waals surface area contributed by atoms with Gasteiger partial charge >= 0.3 is 0 Å². The van der Waals surface area contributed by atoms with E-state index in [1.165, 1.54) is 27.7 Å². The van der Waals surface area contributed by atoms with E-state index in [1.807, 2.05) is 18.2 Å². The van der Waals surface area contributed by atoms with Crippen molar-refractivity contribution in [3.05, 3.63) is 77.4 Å². The van der Waals surface area contributed by atoms with Gasteiger partial charge in [0.05, 0.1) is 5.56 Å². The number of amides is 1. The third-order valence-electron chi connectivity index (χ3n) is 3.95. The second-order valence-corrected chi connectivity index (χ2v) is 6.46. The quantitative estimate of drug-likeness (QED) is 0.563. The molecule has 26 heavy (non-hydrogen) atoms. The van der Waals surface area contributed by atoms with Crippen LogP contribution in [0.1, 0.15) is 15.9 Å². The molecule has 6 nitrogen and oxygen atoms in total. The number of benzene rings is 2. The summed E-state index contributed by atoms with van der Waals surface area (Å²) in [6.07, 6.45) is 1.54. The minimum Gasteiger partial charge on any atom is -0.366 e. The van der Waals surface area contributed by atoms with Crippen LogP contribution in [0, 0.1) is 0 Å². The van der Waals surface area contributed by atoms with Crippen molar-refractivity contribution in [1.29, 1.82) is 0 Å². The Bertz CT molecular complexity index is 1030. The largest absolute Gasteiger partial charge is 0.366 e. The molecule has 1 amide bonds. The van der Waals surface area contributed by atoms with Gasteiger partial charge < -0.3 is 5.32 Å². The highest BCUT2D eigenvalue weighted by atomic mass is 32.1. The van der Waals surface area contributed by atoms with E-state index < -0.39 is 0 Å². The normalized spacial score (nSPS) is 10.6. The van der Waals surface area contributed by atoms with Crippen molar-refractivity contribution in [2.24, 2.45) is 0 Å². The standard InChI is InChI=1S/C19H15N5OS/c25-18(23-19-24-22-12-26-19)15-8-9-17(21-11-15)20-10-14-6-3-5-13-4-1-2-7-16(13)14/h1-9,11-12H,10H2,(H,20,21)(H,23,24,25). The van der Waals surface area contributed by atoms with E-state index in [9.17, 15) is 4.79 Å². The molecule has 7 heteroatoms. The first-order valence-corrected chi connectivity index (χ1v) is 8.92. The van der Waals surface area contributed by atoms with E-state index in [2.05, 4.69) is 50.1 Å². The number of carbonyl (C=O) groups excluding carboxylic acids is 1. The molecule has 0 atom stereocenters. The van der Waals surface area contributed by atoms with Crippen LogP contribution in [0.2, 0.25) is 0 Å². The minimum atomic E-state index is -0.255. The van der Waals surface area contributed by atoms with Crippen LogP contribution >= 0.6 is 11.3 Å². The molecule has 2 aromatic heterocycles. The maximum absolute atomic E-state index is 12.1. The van der Waals surface area contributed by atoms with Crippen molar-refractivity contribution in [3.8, 4) is 0 Å². The number of carbonyl (C=O) groups is 1. The van der Waals surface area contributed by atoms with Crippen LogP contribution in [0.5, 0.6) is 0 Å². The lowest BCUT2D eigenvalue weighted by molar-refractivity contribution is 0.102. The van der Waals surface area contributed by atoms with Crippen LogP contribution in [0.4, 0.5) is 10.9 Å². The number of fused-ring (bicyclic) bond motifs is 1. The molecule has 4 rings (SSSR count). The van der Waals surface area contributed by atoms with E-state index in [0.717, 1.165) is 0 Å². The van der Waals surface area contributed by atoms with Crippen molar-refractivity contribution in [3.63, 3.8) is 0 Å². The highest BCUT2D eigenvalue weighted by Crippen LogP contribution is 2.19. The summed E-state index contributed by atoms with van der Waals surface area (Å²) < 4.78 is 0. The summed E-state index contributed by atoms with van der Waals surface area (Å²) in [5.74, 6) is 0.459. The highest BCUT2D eigenvalue weighted by Gasteiger charge is 2.08. The fraction of sp³-hybridized carbons (Fsp3) is 0.0526. The van der Waals surface area contributed by atoms with Gasteiger partial charge in [0, 0.05) is 12.7 Å². The molecule has 0 saturated heterocycles. The molecule has 2 aromatic carbocycles. The Labute approximate surface area is 153 Å². The molecule has 0 fully saturated rings. The lowest BCUT2D eigenvalue weighted by Gasteiger charge is -2.09. The highest BCUT2D eigenvalue weighted by molar-refractivity contribution is 7.13. The third kappa shape index (κ3) is 3.52. The van der Waals surface area contributed by atoms with Gasteiger partial charge in [-0.3, -0.25) is 10.1 Å². The molecule has 2 N–H and O–H groups in total. The first-order chi connectivity index (χ1) is 12.8. The number of aromatic nitrogens is 3. The Morgan fingerprint density at radius 3 is 2.73 bits per heavy atom. The number of hydrogen-bond donors (Lipinski definition) is 2. The zero-order valence-electron chi connectivity index (χ0n) is 13.7. The van der Waals surface area contributed by atoms with E-state index in [-0.39, 0.29) is 5.91 Å². The van der Waals surface area contributed by atoms with Crippen molar-refractivity contribution < 1.29 is 4.79 Å². The van der Waals surface area contributed by atoms with Crippen molar-refractivity contribution in [2.75, 3.05) is 10.6 Å². The fourth-order valence-electron chi connectivity index (χ4n) is 2.66. The molecular weight excluding hydrogens is 346 g/mol. The number of pyridine rings is 1. The van der Waals surface area contributed by atoms with Gasteiger partial charge in [0.15, 0.2) is 0 Å². The van der Waals surface area contributed by atoms with Crippen LogP contribution in [0.25, 0.3) is 10.8 Å². The van der Waals surface area contributed by atoms with Gasteiger partial charge in [0.2, 0.25) is 5.13 Å². The molecule has 0 radical (unpaired) electrons. The molecule has 0 saturated carbocycles. The van der Waals surface area contributed by atoms with Crippen LogP contribution in [-0.4, -0.2) is 21.1 Å². The lowest BCUT2D eigenvalue weighted by atomic mass is 10.0. The Morgan fingerprint density at radius 1 is 1.04 bits per heavy atom. The number of hydrogen-bond acceptors (Lipinski definition) is 6. The van der Waals surface area contributed by atoms with E-state index >= 15 is 0 Å². The maximum atomic E-state index is 12.1. The van der Waals surface area contributed by atoms with Crippen LogP contribution in [-0.2, 0) is 6.54 Å². The van der Waals surface area contributed by atoms with Gasteiger partial charge in [-0.25, -0.2) is 4.98 Å². The topological polar surface area (TPSA) is 79.8 Å². The minimum absolute atomic E-state index is 0.255. The average Bonchev–Trinajstić information content (AvgIpc) is 3.19. The summed E-state index contributed by atoms with van der Waals surface area (Å²) in [4.78, 5) is 16.4. The summed E-state index contributed by atoms with van der Waals surface area (Å²) >= 11 is 1.27. The number of nitrogens with one attached hydrogen (secondary N) is 2. The summed E-state index contributed by atoms with van der Waals surface area (Å²) in [6.45, 7) is 0.657. The Morgan fingerprint density at radius 2 is 1.92 bits per heavy atom. The lowest BCUT2D eigenvalue weighted by Crippen LogP contribution is -2.12. The molecule has 0 aliphatic rings.